The van der Waals surface area contributed by atoms with Crippen LogP contribution in [-0.2, 0) is 16.0 Å². The Kier molecular flexibility index (Phi) is 12.0. The molecule has 4 aromatic rings. The molecule has 4 aliphatic rings. The van der Waals surface area contributed by atoms with Crippen LogP contribution in [-0.4, -0.2) is 108 Å². The van der Waals surface area contributed by atoms with Crippen molar-refractivity contribution in [1.82, 2.24) is 20.0 Å². The molecule has 11 heteroatoms. The molecule has 1 unspecified atom stereocenters. The molecule has 4 aromatic carbocycles. The van der Waals surface area contributed by atoms with Gasteiger partial charge >= 0.3 is 0 Å². The van der Waals surface area contributed by atoms with Crippen molar-refractivity contribution in [3.05, 3.63) is 125 Å². The van der Waals surface area contributed by atoms with Crippen LogP contribution < -0.4 is 15.0 Å². The zero-order valence-electron chi connectivity index (χ0n) is 32.9. The molecule has 0 aromatic heterocycles. The van der Waals surface area contributed by atoms with E-state index < -0.39 is 23.8 Å². The highest BCUT2D eigenvalue weighted by Crippen LogP contribution is 2.33. The summed E-state index contributed by atoms with van der Waals surface area (Å²) in [5.74, 6) is -0.145. The summed E-state index contributed by atoms with van der Waals surface area (Å²) in [7, 11) is 0. The second kappa shape index (κ2) is 17.8. The van der Waals surface area contributed by atoms with Gasteiger partial charge in [-0.2, -0.15) is 0 Å². The Morgan fingerprint density at radius 3 is 2.19 bits per heavy atom. The molecule has 0 bridgehead atoms. The third-order valence-electron chi connectivity index (χ3n) is 12.0. The third kappa shape index (κ3) is 9.16. The zero-order valence-corrected chi connectivity index (χ0v) is 32.9. The first-order chi connectivity index (χ1) is 28.3. The van der Waals surface area contributed by atoms with E-state index in [9.17, 15) is 24.3 Å². The minimum absolute atomic E-state index is 0.104. The predicted molar refractivity (Wildman–Crippen MR) is 224 cm³/mol. The number of ether oxygens (including phenoxy) is 1. The number of nitrogens with one attached hydrogen (secondary N) is 1. The Morgan fingerprint density at radius 2 is 1.47 bits per heavy atom. The lowest BCUT2D eigenvalue weighted by Gasteiger charge is -2.39. The minimum atomic E-state index is -0.957. The van der Waals surface area contributed by atoms with Crippen molar-refractivity contribution in [3.63, 3.8) is 0 Å². The van der Waals surface area contributed by atoms with E-state index in [2.05, 4.69) is 74.6 Å². The van der Waals surface area contributed by atoms with Crippen LogP contribution in [0.5, 0.6) is 11.5 Å². The lowest BCUT2D eigenvalue weighted by Crippen LogP contribution is -2.54. The zero-order chi connectivity index (χ0) is 40.0. The van der Waals surface area contributed by atoms with Crippen LogP contribution in [0.25, 0.3) is 11.6 Å². The Hall–Kier alpha value is -5.78. The first kappa shape index (κ1) is 39.1. The fourth-order valence-electron chi connectivity index (χ4n) is 8.64. The number of aryl methyl sites for hydroxylation is 1. The summed E-state index contributed by atoms with van der Waals surface area (Å²) in [5.41, 5.74) is 6.37. The normalized spacial score (nSPS) is 19.7. The van der Waals surface area contributed by atoms with Crippen LogP contribution in [0.3, 0.4) is 0 Å². The second-order valence-electron chi connectivity index (χ2n) is 15.9. The van der Waals surface area contributed by atoms with Gasteiger partial charge in [0.1, 0.15) is 24.1 Å². The number of nitrogens with zero attached hydrogens (tertiary/aromatic N) is 4. The first-order valence-electron chi connectivity index (χ1n) is 20.6. The molecule has 0 aliphatic carbocycles. The van der Waals surface area contributed by atoms with Crippen molar-refractivity contribution < 1.29 is 29.0 Å². The van der Waals surface area contributed by atoms with Gasteiger partial charge in [0.05, 0.1) is 11.1 Å². The number of carbonyl (C=O) groups is 4. The molecule has 8 rings (SSSR count). The largest absolute Gasteiger partial charge is 0.508 e. The smallest absolute Gasteiger partial charge is 0.262 e. The number of benzene rings is 4. The summed E-state index contributed by atoms with van der Waals surface area (Å²) >= 11 is 0. The first-order valence-corrected chi connectivity index (χ1v) is 20.6. The molecule has 0 radical (unpaired) electrons. The molecule has 1 atom stereocenters. The number of hydrogen-bond donors (Lipinski definition) is 2. The summed E-state index contributed by atoms with van der Waals surface area (Å²) in [6.45, 7) is 8.52. The number of carbonyl (C=O) groups excluding carboxylic acids is 4. The molecule has 3 fully saturated rings. The van der Waals surface area contributed by atoms with Gasteiger partial charge in [0, 0.05) is 64.5 Å². The number of rotatable bonds is 13. The van der Waals surface area contributed by atoms with Crippen LogP contribution >= 0.6 is 0 Å². The maximum absolute atomic E-state index is 13.3. The number of fused-ring (bicyclic) bond motifs is 1. The molecule has 4 heterocycles. The summed E-state index contributed by atoms with van der Waals surface area (Å²) in [4.78, 5) is 58.9. The Bertz CT molecular complexity index is 2140. The van der Waals surface area contributed by atoms with Gasteiger partial charge < -0.3 is 19.6 Å². The van der Waals surface area contributed by atoms with Crippen molar-refractivity contribution >= 4 is 41.0 Å². The topological polar surface area (TPSA) is 123 Å². The van der Waals surface area contributed by atoms with E-state index in [0.29, 0.717) is 23.7 Å². The van der Waals surface area contributed by atoms with E-state index in [1.165, 1.54) is 16.7 Å². The number of imide groups is 2. The molecule has 2 N–H and O–H groups in total. The highest BCUT2D eigenvalue weighted by molar-refractivity contribution is 6.23. The molecular weight excluding hydrogens is 731 g/mol. The van der Waals surface area contributed by atoms with E-state index in [0.717, 1.165) is 99.9 Å². The Morgan fingerprint density at radius 1 is 0.759 bits per heavy atom. The molecule has 0 spiro atoms. The second-order valence-corrected chi connectivity index (χ2v) is 15.9. The third-order valence-corrected chi connectivity index (χ3v) is 12.0. The average Bonchev–Trinajstić information content (AvgIpc) is 3.49. The Balaban J connectivity index is 0.755. The number of piperidine rings is 2. The summed E-state index contributed by atoms with van der Waals surface area (Å²) < 4.78 is 6.17. The van der Waals surface area contributed by atoms with E-state index in [-0.39, 0.29) is 24.5 Å². The number of hydrogen-bond acceptors (Lipinski definition) is 9. The van der Waals surface area contributed by atoms with Gasteiger partial charge in [-0.3, -0.25) is 34.3 Å². The fourth-order valence-corrected chi connectivity index (χ4v) is 8.64. The van der Waals surface area contributed by atoms with Gasteiger partial charge in [0.2, 0.25) is 11.8 Å². The van der Waals surface area contributed by atoms with E-state index in [1.54, 1.807) is 24.3 Å². The number of amides is 4. The molecule has 0 saturated carbocycles. The summed E-state index contributed by atoms with van der Waals surface area (Å²) in [5, 5.41) is 11.9. The van der Waals surface area contributed by atoms with Gasteiger partial charge in [-0.1, -0.05) is 60.7 Å². The summed E-state index contributed by atoms with van der Waals surface area (Å²) in [6.07, 6.45) is 6.40. The van der Waals surface area contributed by atoms with E-state index in [1.807, 2.05) is 24.3 Å². The predicted octanol–water partition coefficient (Wildman–Crippen LogP) is 5.88. The number of phenols is 1. The van der Waals surface area contributed by atoms with Gasteiger partial charge in [0.15, 0.2) is 0 Å². The number of allylic oxidation sites excluding steroid dienone is 1. The number of phenolic OH excluding ortho intramolecular Hbond substituents is 1. The van der Waals surface area contributed by atoms with Crippen LogP contribution in [0.15, 0.2) is 97.1 Å². The highest BCUT2D eigenvalue weighted by atomic mass is 16.5. The standard InChI is InChI=1S/C47H51N5O6/c53-39-13-7-33(8-14-39)6-11-37(36-4-2-1-3-5-36)30-34-9-15-40(16-10-34)58-29-28-49-24-26-50(27-25-49)32-35-20-22-51(23-21-35)38-12-17-41-42(31-38)47(57)52(46(41)56)43-18-19-44(54)48-45(43)55/h1-5,7-10,12-17,30-31,35,43,53H,6,11,18-29,32H2,(H,48,54,55)/b37-30-. The van der Waals surface area contributed by atoms with Crippen LogP contribution in [0.1, 0.15) is 69.5 Å². The van der Waals surface area contributed by atoms with Crippen LogP contribution in [0.4, 0.5) is 5.69 Å². The fraction of sp³-hybridized carbons (Fsp3) is 0.362. The quantitative estimate of drug-likeness (QED) is 0.127. The van der Waals surface area contributed by atoms with E-state index >= 15 is 0 Å². The van der Waals surface area contributed by atoms with Crippen LogP contribution in [0, 0.1) is 5.92 Å². The van der Waals surface area contributed by atoms with Crippen molar-refractivity contribution in [2.24, 2.45) is 5.92 Å². The minimum Gasteiger partial charge on any atom is -0.508 e. The van der Waals surface area contributed by atoms with Gasteiger partial charge in [-0.25, -0.2) is 0 Å². The van der Waals surface area contributed by atoms with Crippen LogP contribution in [0.2, 0.25) is 0 Å². The van der Waals surface area contributed by atoms with Crippen molar-refractivity contribution in [2.45, 2.75) is 44.6 Å². The van der Waals surface area contributed by atoms with Crippen molar-refractivity contribution in [1.29, 1.82) is 0 Å². The number of anilines is 1. The molecule has 3 saturated heterocycles. The SMILES string of the molecule is O=C1CCC(N2C(=O)c3ccc(N4CCC(CN5CCN(CCOc6ccc(/C=C(/CCc7ccc(O)cc7)c7ccccc7)cc6)CC5)CC4)cc3C2=O)C(=O)N1. The number of aromatic hydroxyl groups is 1. The van der Waals surface area contributed by atoms with Gasteiger partial charge in [-0.05, 0) is 103 Å². The molecule has 4 aliphatic heterocycles. The van der Waals surface area contributed by atoms with Crippen molar-refractivity contribution in [2.75, 3.05) is 63.9 Å². The van der Waals surface area contributed by atoms with Gasteiger partial charge in [0.25, 0.3) is 11.8 Å². The molecule has 300 valence electrons. The monoisotopic (exact) mass is 781 g/mol. The molecule has 11 nitrogen and oxygen atoms in total. The maximum Gasteiger partial charge on any atom is 0.262 e. The summed E-state index contributed by atoms with van der Waals surface area (Å²) in [6, 6.07) is 30.7. The lowest BCUT2D eigenvalue weighted by molar-refractivity contribution is -0.136. The Labute approximate surface area is 339 Å². The highest BCUT2D eigenvalue weighted by Gasteiger charge is 2.44. The van der Waals surface area contributed by atoms with Gasteiger partial charge in [-0.15, -0.1) is 0 Å². The van der Waals surface area contributed by atoms with Crippen molar-refractivity contribution in [3.8, 4) is 11.5 Å². The average molecular weight is 782 g/mol. The lowest BCUT2D eigenvalue weighted by atomic mass is 9.95. The van der Waals surface area contributed by atoms with E-state index in [4.69, 9.17) is 4.74 Å². The molecule has 58 heavy (non-hydrogen) atoms. The molecule has 4 amide bonds. The maximum atomic E-state index is 13.3. The molecular formula is C47H51N5O6. The number of piperazine rings is 1.